The number of carbonyl (C=O) groups excluding carboxylic acids is 3. The number of benzene rings is 2. The molecule has 2 aliphatic rings. The smallest absolute Gasteiger partial charge is 0.251 e. The van der Waals surface area contributed by atoms with E-state index in [1.165, 1.54) is 0 Å². The van der Waals surface area contributed by atoms with Crippen LogP contribution in [0.25, 0.3) is 0 Å². The summed E-state index contributed by atoms with van der Waals surface area (Å²) in [5, 5.41) is 5.69. The fraction of sp³-hybridized carbons (Fsp3) is 0.444. The van der Waals surface area contributed by atoms with Crippen LogP contribution in [-0.4, -0.2) is 57.2 Å². The zero-order chi connectivity index (χ0) is 24.7. The quantitative estimate of drug-likeness (QED) is 0.577. The van der Waals surface area contributed by atoms with Crippen LogP contribution in [0.5, 0.6) is 5.75 Å². The molecular formula is C27H33N3O5. The first-order valence-corrected chi connectivity index (χ1v) is 12.3. The molecule has 8 heteroatoms. The van der Waals surface area contributed by atoms with E-state index in [4.69, 9.17) is 9.47 Å². The number of carbonyl (C=O) groups is 3. The summed E-state index contributed by atoms with van der Waals surface area (Å²) in [6.45, 7) is 4.90. The van der Waals surface area contributed by atoms with Crippen molar-refractivity contribution in [2.75, 3.05) is 44.4 Å². The minimum Gasteiger partial charge on any atom is -0.494 e. The van der Waals surface area contributed by atoms with E-state index in [0.29, 0.717) is 44.9 Å². The first-order valence-electron chi connectivity index (χ1n) is 12.3. The molecule has 2 fully saturated rings. The Morgan fingerprint density at radius 1 is 1.03 bits per heavy atom. The Morgan fingerprint density at radius 3 is 2.37 bits per heavy atom. The standard InChI is InChI=1S/C27H33N3O5/c1-2-35-23-11-7-21(8-12-23)27(13-16-34-17-14-27)19-29-24(31)18-28-26(33)20-5-9-22(10-6-20)30-15-3-4-25(30)32/h5-12H,2-4,13-19H2,1H3,(H,28,33)(H,29,31). The Morgan fingerprint density at radius 2 is 1.74 bits per heavy atom. The topological polar surface area (TPSA) is 97.0 Å². The summed E-state index contributed by atoms with van der Waals surface area (Å²) in [5.74, 6) is 0.359. The Bertz CT molecular complexity index is 1030. The average Bonchev–Trinajstić information content (AvgIpc) is 3.33. The van der Waals surface area contributed by atoms with Gasteiger partial charge in [-0.15, -0.1) is 0 Å². The van der Waals surface area contributed by atoms with Gasteiger partial charge in [-0.3, -0.25) is 14.4 Å². The molecule has 8 nitrogen and oxygen atoms in total. The molecule has 4 rings (SSSR count). The van der Waals surface area contributed by atoms with Gasteiger partial charge in [-0.05, 0) is 68.1 Å². The van der Waals surface area contributed by atoms with Crippen LogP contribution in [0, 0.1) is 0 Å². The molecule has 35 heavy (non-hydrogen) atoms. The lowest BCUT2D eigenvalue weighted by molar-refractivity contribution is -0.120. The molecule has 0 aromatic heterocycles. The van der Waals surface area contributed by atoms with E-state index >= 15 is 0 Å². The van der Waals surface area contributed by atoms with Crippen molar-refractivity contribution >= 4 is 23.4 Å². The van der Waals surface area contributed by atoms with Crippen molar-refractivity contribution in [2.24, 2.45) is 0 Å². The van der Waals surface area contributed by atoms with E-state index in [0.717, 1.165) is 36.3 Å². The molecule has 3 amide bonds. The predicted molar refractivity (Wildman–Crippen MR) is 133 cm³/mol. The molecule has 0 atom stereocenters. The van der Waals surface area contributed by atoms with Crippen LogP contribution >= 0.6 is 0 Å². The number of ether oxygens (including phenoxy) is 2. The second-order valence-electron chi connectivity index (χ2n) is 9.01. The monoisotopic (exact) mass is 479 g/mol. The van der Waals surface area contributed by atoms with Gasteiger partial charge >= 0.3 is 0 Å². The van der Waals surface area contributed by atoms with Gasteiger partial charge in [0, 0.05) is 49.4 Å². The van der Waals surface area contributed by atoms with Gasteiger partial charge in [-0.2, -0.15) is 0 Å². The summed E-state index contributed by atoms with van der Waals surface area (Å²) < 4.78 is 11.1. The van der Waals surface area contributed by atoms with Crippen LogP contribution < -0.4 is 20.3 Å². The number of nitrogens with one attached hydrogen (secondary N) is 2. The van der Waals surface area contributed by atoms with Crippen LogP contribution in [0.15, 0.2) is 48.5 Å². The first-order chi connectivity index (χ1) is 17.0. The second kappa shape index (κ2) is 11.4. The fourth-order valence-electron chi connectivity index (χ4n) is 4.71. The van der Waals surface area contributed by atoms with E-state index in [1.807, 2.05) is 19.1 Å². The lowest BCUT2D eigenvalue weighted by atomic mass is 9.74. The highest BCUT2D eigenvalue weighted by Gasteiger charge is 2.35. The van der Waals surface area contributed by atoms with Crippen LogP contribution in [0.4, 0.5) is 5.69 Å². The van der Waals surface area contributed by atoms with Gasteiger partial charge in [0.15, 0.2) is 0 Å². The van der Waals surface area contributed by atoms with Gasteiger partial charge in [0.1, 0.15) is 5.75 Å². The Balaban J connectivity index is 1.30. The number of anilines is 1. The third-order valence-electron chi connectivity index (χ3n) is 6.78. The molecule has 0 aliphatic carbocycles. The molecule has 2 N–H and O–H groups in total. The summed E-state index contributed by atoms with van der Waals surface area (Å²) >= 11 is 0. The van der Waals surface area contributed by atoms with Gasteiger partial charge in [-0.1, -0.05) is 12.1 Å². The van der Waals surface area contributed by atoms with Crippen LogP contribution in [0.1, 0.15) is 48.5 Å². The van der Waals surface area contributed by atoms with Crippen molar-refractivity contribution in [1.82, 2.24) is 10.6 Å². The first kappa shape index (κ1) is 24.7. The number of hydrogen-bond donors (Lipinski definition) is 2. The van der Waals surface area contributed by atoms with Crippen molar-refractivity contribution in [3.63, 3.8) is 0 Å². The zero-order valence-electron chi connectivity index (χ0n) is 20.2. The largest absolute Gasteiger partial charge is 0.494 e. The SMILES string of the molecule is CCOc1ccc(C2(CNC(=O)CNC(=O)c3ccc(N4CCCC4=O)cc3)CCOCC2)cc1. The number of rotatable bonds is 9. The lowest BCUT2D eigenvalue weighted by Crippen LogP contribution is -2.47. The highest BCUT2D eigenvalue weighted by molar-refractivity contribution is 5.98. The molecule has 186 valence electrons. The maximum absolute atomic E-state index is 12.6. The second-order valence-corrected chi connectivity index (χ2v) is 9.01. The van der Waals surface area contributed by atoms with E-state index in [1.54, 1.807) is 29.2 Å². The molecule has 0 bridgehead atoms. The predicted octanol–water partition coefficient (Wildman–Crippen LogP) is 2.81. The van der Waals surface area contributed by atoms with Crippen molar-refractivity contribution in [1.29, 1.82) is 0 Å². The van der Waals surface area contributed by atoms with Crippen molar-refractivity contribution < 1.29 is 23.9 Å². The summed E-state index contributed by atoms with van der Waals surface area (Å²) in [6.07, 6.45) is 3.02. The number of nitrogens with zero attached hydrogens (tertiary/aromatic N) is 1. The van der Waals surface area contributed by atoms with Crippen LogP contribution in [0.2, 0.25) is 0 Å². The number of hydrogen-bond acceptors (Lipinski definition) is 5. The average molecular weight is 480 g/mol. The minimum absolute atomic E-state index is 0.103. The Hall–Kier alpha value is -3.39. The normalized spacial score (nSPS) is 17.2. The third-order valence-corrected chi connectivity index (χ3v) is 6.78. The molecule has 0 radical (unpaired) electrons. The molecule has 2 saturated heterocycles. The zero-order valence-corrected chi connectivity index (χ0v) is 20.2. The molecule has 0 saturated carbocycles. The van der Waals surface area contributed by atoms with Crippen LogP contribution in [-0.2, 0) is 19.7 Å². The molecule has 2 aliphatic heterocycles. The van der Waals surface area contributed by atoms with Gasteiger partial charge in [0.2, 0.25) is 11.8 Å². The van der Waals surface area contributed by atoms with Gasteiger partial charge in [0.25, 0.3) is 5.91 Å². The number of amides is 3. The van der Waals surface area contributed by atoms with Crippen molar-refractivity contribution in [3.05, 3.63) is 59.7 Å². The van der Waals surface area contributed by atoms with Gasteiger partial charge < -0.3 is 25.0 Å². The van der Waals surface area contributed by atoms with Crippen LogP contribution in [0.3, 0.4) is 0 Å². The lowest BCUT2D eigenvalue weighted by Gasteiger charge is -2.38. The molecule has 2 aromatic carbocycles. The molecule has 2 heterocycles. The molecule has 0 unspecified atom stereocenters. The van der Waals surface area contributed by atoms with E-state index in [2.05, 4.69) is 22.8 Å². The van der Waals surface area contributed by atoms with Crippen molar-refractivity contribution in [3.8, 4) is 5.75 Å². The summed E-state index contributed by atoms with van der Waals surface area (Å²) in [5.41, 5.74) is 2.16. The summed E-state index contributed by atoms with van der Waals surface area (Å²) in [6, 6.07) is 14.9. The maximum atomic E-state index is 12.6. The Kier molecular flexibility index (Phi) is 8.02. The van der Waals surface area contributed by atoms with E-state index in [-0.39, 0.29) is 29.7 Å². The minimum atomic E-state index is -0.327. The molecule has 0 spiro atoms. The molecular weight excluding hydrogens is 446 g/mol. The van der Waals surface area contributed by atoms with Crippen molar-refractivity contribution in [2.45, 2.75) is 38.0 Å². The third kappa shape index (κ3) is 6.00. The Labute approximate surface area is 206 Å². The van der Waals surface area contributed by atoms with Gasteiger partial charge in [-0.25, -0.2) is 0 Å². The molecule has 2 aromatic rings. The van der Waals surface area contributed by atoms with Gasteiger partial charge in [0.05, 0.1) is 13.2 Å². The highest BCUT2D eigenvalue weighted by atomic mass is 16.5. The highest BCUT2D eigenvalue weighted by Crippen LogP contribution is 2.35. The summed E-state index contributed by atoms with van der Waals surface area (Å²) in [7, 11) is 0. The summed E-state index contributed by atoms with van der Waals surface area (Å²) in [4.78, 5) is 38.7. The fourth-order valence-corrected chi connectivity index (χ4v) is 4.71. The van der Waals surface area contributed by atoms with E-state index < -0.39 is 0 Å². The maximum Gasteiger partial charge on any atom is 0.251 e. The van der Waals surface area contributed by atoms with E-state index in [9.17, 15) is 14.4 Å².